The van der Waals surface area contributed by atoms with Crippen molar-refractivity contribution < 1.29 is 14.3 Å². The van der Waals surface area contributed by atoms with Crippen molar-refractivity contribution in [1.29, 1.82) is 0 Å². The van der Waals surface area contributed by atoms with Gasteiger partial charge in [-0.2, -0.15) is 0 Å². The second kappa shape index (κ2) is 6.23. The molecule has 0 saturated heterocycles. The van der Waals surface area contributed by atoms with Gasteiger partial charge in [-0.25, -0.2) is 4.79 Å². The Morgan fingerprint density at radius 3 is 2.36 bits per heavy atom. The Hall–Kier alpha value is -1.64. The van der Waals surface area contributed by atoms with Crippen LogP contribution in [0.1, 0.15) is 57.3 Å². The van der Waals surface area contributed by atoms with E-state index in [0.717, 1.165) is 12.8 Å². The lowest BCUT2D eigenvalue weighted by Crippen LogP contribution is -2.40. The molecule has 1 aliphatic rings. The highest BCUT2D eigenvalue weighted by Crippen LogP contribution is 2.56. The molecule has 3 heteroatoms. The molecule has 3 nitrogen and oxygen atoms in total. The van der Waals surface area contributed by atoms with Crippen LogP contribution in [0.15, 0.2) is 30.3 Å². The van der Waals surface area contributed by atoms with E-state index >= 15 is 0 Å². The number of hydrogen-bond acceptors (Lipinski definition) is 3. The first-order chi connectivity index (χ1) is 10.3. The van der Waals surface area contributed by atoms with Crippen molar-refractivity contribution in [3.8, 4) is 0 Å². The predicted molar refractivity (Wildman–Crippen MR) is 86.6 cm³/mol. The Bertz CT molecular complexity index is 547. The molecule has 1 aromatic carbocycles. The third kappa shape index (κ3) is 2.94. The highest BCUT2D eigenvalue weighted by Gasteiger charge is 2.53. The quantitative estimate of drug-likeness (QED) is 0.763. The number of Topliss-reactive ketones (excluding diaryl/α,β-unsaturated/α-hetero) is 1. The molecule has 1 aromatic rings. The number of benzene rings is 1. The van der Waals surface area contributed by atoms with Crippen LogP contribution in [0.25, 0.3) is 0 Å². The first kappa shape index (κ1) is 16.7. The van der Waals surface area contributed by atoms with Gasteiger partial charge >= 0.3 is 5.97 Å². The van der Waals surface area contributed by atoms with E-state index in [4.69, 9.17) is 4.74 Å². The van der Waals surface area contributed by atoms with E-state index in [2.05, 4.69) is 27.7 Å². The fourth-order valence-electron chi connectivity index (χ4n) is 3.40. The van der Waals surface area contributed by atoms with Crippen LogP contribution < -0.4 is 0 Å². The molecule has 0 radical (unpaired) electrons. The number of ketones is 1. The van der Waals surface area contributed by atoms with Crippen LogP contribution in [0, 0.1) is 16.7 Å². The lowest BCUT2D eigenvalue weighted by atomic mass is 9.63. The Kier molecular flexibility index (Phi) is 4.74. The monoisotopic (exact) mass is 302 g/mol. The van der Waals surface area contributed by atoms with E-state index in [0.29, 0.717) is 17.9 Å². The minimum atomic E-state index is -0.363. The lowest BCUT2D eigenvalue weighted by Gasteiger charge is -2.39. The maximum Gasteiger partial charge on any atom is 0.338 e. The molecule has 0 amide bonds. The summed E-state index contributed by atoms with van der Waals surface area (Å²) in [7, 11) is 0. The van der Waals surface area contributed by atoms with Crippen LogP contribution in [-0.2, 0) is 9.53 Å². The maximum atomic E-state index is 12.7. The summed E-state index contributed by atoms with van der Waals surface area (Å²) in [5.41, 5.74) is 0.204. The van der Waals surface area contributed by atoms with Crippen LogP contribution in [0.5, 0.6) is 0 Å². The molecule has 1 saturated carbocycles. The highest BCUT2D eigenvalue weighted by molar-refractivity contribution is 5.90. The zero-order valence-corrected chi connectivity index (χ0v) is 14.0. The van der Waals surface area contributed by atoms with Gasteiger partial charge in [-0.15, -0.1) is 0 Å². The molecule has 0 aliphatic heterocycles. The van der Waals surface area contributed by atoms with Crippen molar-refractivity contribution in [3.63, 3.8) is 0 Å². The third-order valence-electron chi connectivity index (χ3n) is 5.92. The first-order valence-electron chi connectivity index (χ1n) is 8.04. The minimum Gasteiger partial charge on any atom is -0.462 e. The normalized spacial score (nSPS) is 26.6. The van der Waals surface area contributed by atoms with Gasteiger partial charge in [0.25, 0.3) is 0 Å². The second-order valence-electron chi connectivity index (χ2n) is 7.17. The smallest absolute Gasteiger partial charge is 0.338 e. The average molecular weight is 302 g/mol. The van der Waals surface area contributed by atoms with Gasteiger partial charge in [0.1, 0.15) is 5.78 Å². The minimum absolute atomic E-state index is 0.00643. The number of hydrogen-bond donors (Lipinski definition) is 0. The van der Waals surface area contributed by atoms with Crippen molar-refractivity contribution in [2.24, 2.45) is 16.7 Å². The molecule has 2 rings (SSSR count). The van der Waals surface area contributed by atoms with Gasteiger partial charge < -0.3 is 4.74 Å². The summed E-state index contributed by atoms with van der Waals surface area (Å²) in [6.07, 6.45) is 2.30. The Balaban J connectivity index is 1.90. The zero-order chi connectivity index (χ0) is 16.4. The highest BCUT2D eigenvalue weighted by atomic mass is 16.5. The van der Waals surface area contributed by atoms with Gasteiger partial charge in [0.2, 0.25) is 0 Å². The molecule has 1 fully saturated rings. The van der Waals surface area contributed by atoms with Gasteiger partial charge in [-0.3, -0.25) is 4.79 Å². The van der Waals surface area contributed by atoms with Crippen molar-refractivity contribution in [2.45, 2.75) is 47.0 Å². The molecule has 22 heavy (non-hydrogen) atoms. The van der Waals surface area contributed by atoms with Gasteiger partial charge in [-0.05, 0) is 36.3 Å². The Labute approximate surface area is 133 Å². The van der Waals surface area contributed by atoms with E-state index in [-0.39, 0.29) is 29.2 Å². The van der Waals surface area contributed by atoms with E-state index in [1.807, 2.05) is 6.07 Å². The van der Waals surface area contributed by atoms with E-state index in [9.17, 15) is 9.59 Å². The standard InChI is InChI=1S/C19H26O3/c1-14-10-12-19(4,18(14,2)3)16(20)11-13-22-17(21)15-8-6-5-7-9-15/h5-9,14H,10-13H2,1-4H3. The second-order valence-corrected chi connectivity index (χ2v) is 7.17. The Morgan fingerprint density at radius 2 is 1.82 bits per heavy atom. The molecule has 0 heterocycles. The number of ether oxygens (including phenoxy) is 1. The molecule has 2 unspecified atom stereocenters. The van der Waals surface area contributed by atoms with Crippen LogP contribution in [0.3, 0.4) is 0 Å². The number of carbonyl (C=O) groups excluding carboxylic acids is 2. The van der Waals surface area contributed by atoms with Crippen LogP contribution in [-0.4, -0.2) is 18.4 Å². The summed E-state index contributed by atoms with van der Waals surface area (Å²) >= 11 is 0. The summed E-state index contributed by atoms with van der Waals surface area (Å²) in [5.74, 6) is 0.383. The van der Waals surface area contributed by atoms with Gasteiger partial charge in [0.15, 0.2) is 0 Å². The molecule has 2 atom stereocenters. The fourth-order valence-corrected chi connectivity index (χ4v) is 3.40. The molecular weight excluding hydrogens is 276 g/mol. The predicted octanol–water partition coefficient (Wildman–Crippen LogP) is 4.27. The molecule has 0 bridgehead atoms. The third-order valence-corrected chi connectivity index (χ3v) is 5.92. The van der Waals surface area contributed by atoms with Crippen LogP contribution in [0.4, 0.5) is 0 Å². The maximum absolute atomic E-state index is 12.7. The van der Waals surface area contributed by atoms with Gasteiger partial charge in [-0.1, -0.05) is 45.9 Å². The first-order valence-corrected chi connectivity index (χ1v) is 8.04. The molecule has 0 spiro atoms. The number of esters is 1. The summed E-state index contributed by atoms with van der Waals surface area (Å²) in [6, 6.07) is 8.88. The van der Waals surface area contributed by atoms with Crippen molar-refractivity contribution >= 4 is 11.8 Å². The van der Waals surface area contributed by atoms with E-state index in [1.165, 1.54) is 0 Å². The van der Waals surface area contributed by atoms with Gasteiger partial charge in [0, 0.05) is 11.8 Å². The molecule has 0 N–H and O–H groups in total. The fraction of sp³-hybridized carbons (Fsp3) is 0.579. The van der Waals surface area contributed by atoms with Crippen LogP contribution in [0.2, 0.25) is 0 Å². The molecule has 0 aromatic heterocycles. The van der Waals surface area contributed by atoms with E-state index < -0.39 is 0 Å². The van der Waals surface area contributed by atoms with Gasteiger partial charge in [0.05, 0.1) is 12.2 Å². The Morgan fingerprint density at radius 1 is 1.18 bits per heavy atom. The average Bonchev–Trinajstić information content (AvgIpc) is 2.72. The summed E-state index contributed by atoms with van der Waals surface area (Å²) in [6.45, 7) is 8.80. The summed E-state index contributed by atoms with van der Waals surface area (Å²) in [4.78, 5) is 24.5. The largest absolute Gasteiger partial charge is 0.462 e. The zero-order valence-electron chi connectivity index (χ0n) is 14.0. The number of rotatable bonds is 5. The van der Waals surface area contributed by atoms with Crippen molar-refractivity contribution in [2.75, 3.05) is 6.61 Å². The topological polar surface area (TPSA) is 43.4 Å². The molecule has 120 valence electrons. The summed E-state index contributed by atoms with van der Waals surface area (Å²) < 4.78 is 5.24. The van der Waals surface area contributed by atoms with Crippen molar-refractivity contribution in [1.82, 2.24) is 0 Å². The lowest BCUT2D eigenvalue weighted by molar-refractivity contribution is -0.134. The molecular formula is C19H26O3. The summed E-state index contributed by atoms with van der Waals surface area (Å²) in [5, 5.41) is 0. The molecule has 1 aliphatic carbocycles. The van der Waals surface area contributed by atoms with E-state index in [1.54, 1.807) is 24.3 Å². The van der Waals surface area contributed by atoms with Crippen molar-refractivity contribution in [3.05, 3.63) is 35.9 Å². The number of carbonyl (C=O) groups is 2. The van der Waals surface area contributed by atoms with Crippen LogP contribution >= 0.6 is 0 Å². The SMILES string of the molecule is CC1CCC(C)(C(=O)CCOC(=O)c2ccccc2)C1(C)C.